The minimum absolute atomic E-state index is 0.0931. The van der Waals surface area contributed by atoms with Gasteiger partial charge in [-0.1, -0.05) is 12.1 Å². The molecule has 0 atom stereocenters. The number of rotatable bonds is 5. The van der Waals surface area contributed by atoms with Crippen LogP contribution in [0.25, 0.3) is 10.4 Å². The number of carboxylic acids is 1. The molecule has 0 spiro atoms. The van der Waals surface area contributed by atoms with Crippen LogP contribution in [0.1, 0.15) is 20.7 Å². The predicted molar refractivity (Wildman–Crippen MR) is 110 cm³/mol. The number of amides is 1. The van der Waals surface area contributed by atoms with E-state index in [0.717, 1.165) is 22.0 Å². The number of benzene rings is 2. The Morgan fingerprint density at radius 2 is 1.90 bits per heavy atom. The smallest absolute Gasteiger partial charge is 0.339 e. The molecule has 10 heteroatoms. The van der Waals surface area contributed by atoms with E-state index in [1.165, 1.54) is 5.38 Å². The van der Waals surface area contributed by atoms with Gasteiger partial charge in [-0.3, -0.25) is 4.79 Å². The molecule has 0 saturated heterocycles. The number of carbonyl (C=O) groups is 2. The molecule has 1 amide bonds. The summed E-state index contributed by atoms with van der Waals surface area (Å²) in [5.41, 5.74) is -0.482. The number of thiophene rings is 1. The number of anilines is 1. The van der Waals surface area contributed by atoms with Crippen LogP contribution in [0.2, 0.25) is 0 Å². The van der Waals surface area contributed by atoms with Gasteiger partial charge in [0.2, 0.25) is 5.82 Å². The first-order valence-electron chi connectivity index (χ1n) is 7.88. The van der Waals surface area contributed by atoms with E-state index in [9.17, 15) is 27.9 Å². The van der Waals surface area contributed by atoms with Crippen LogP contribution in [-0.2, 0) is 0 Å². The number of halogens is 4. The Bertz CT molecular complexity index is 1130. The van der Waals surface area contributed by atoms with E-state index >= 15 is 0 Å². The molecule has 2 aromatic carbocycles. The van der Waals surface area contributed by atoms with Gasteiger partial charge in [0.05, 0.1) is 23.2 Å². The molecule has 0 aliphatic rings. The molecule has 0 bridgehead atoms. The van der Waals surface area contributed by atoms with Gasteiger partial charge in [0.25, 0.3) is 5.91 Å². The topological polar surface area (TPSA) is 75.6 Å². The van der Waals surface area contributed by atoms with Crippen molar-refractivity contribution >= 4 is 51.5 Å². The summed E-state index contributed by atoms with van der Waals surface area (Å²) < 4.78 is 46.9. The van der Waals surface area contributed by atoms with Crippen LogP contribution in [0.3, 0.4) is 0 Å². The highest BCUT2D eigenvalue weighted by atomic mass is 127. The monoisotopic (exact) mass is 533 g/mol. The molecule has 3 aromatic rings. The molecule has 0 fully saturated rings. The summed E-state index contributed by atoms with van der Waals surface area (Å²) in [4.78, 5) is 24.6. The van der Waals surface area contributed by atoms with Crippen molar-refractivity contribution in [3.8, 4) is 16.2 Å². The maximum atomic E-state index is 14.3. The quantitative estimate of drug-likeness (QED) is 0.341. The molecule has 0 saturated carbocycles. The van der Waals surface area contributed by atoms with Crippen LogP contribution in [0.4, 0.5) is 18.9 Å². The number of carbonyl (C=O) groups excluding carboxylic acids is 1. The van der Waals surface area contributed by atoms with E-state index in [0.29, 0.717) is 16.5 Å². The number of ether oxygens (including phenoxy) is 1. The van der Waals surface area contributed by atoms with Crippen LogP contribution in [-0.4, -0.2) is 24.1 Å². The lowest BCUT2D eigenvalue weighted by molar-refractivity contribution is 0.0699. The summed E-state index contributed by atoms with van der Waals surface area (Å²) >= 11 is 3.15. The Hall–Kier alpha value is -2.60. The van der Waals surface area contributed by atoms with Gasteiger partial charge in [0.1, 0.15) is 5.56 Å². The third kappa shape index (κ3) is 4.08. The minimum atomic E-state index is -1.57. The molecule has 2 N–H and O–H groups in total. The average molecular weight is 533 g/mol. The zero-order chi connectivity index (χ0) is 21.3. The summed E-state index contributed by atoms with van der Waals surface area (Å²) in [6, 6.07) is 7.45. The third-order valence-electron chi connectivity index (χ3n) is 3.90. The fourth-order valence-electron chi connectivity index (χ4n) is 2.62. The number of hydrogen-bond donors (Lipinski definition) is 2. The molecular weight excluding hydrogens is 522 g/mol. The van der Waals surface area contributed by atoms with Crippen LogP contribution < -0.4 is 10.1 Å². The minimum Gasteiger partial charge on any atom is -0.491 e. The molecule has 0 aliphatic heterocycles. The molecule has 0 radical (unpaired) electrons. The van der Waals surface area contributed by atoms with E-state index in [1.807, 2.05) is 6.07 Å². The zero-order valence-corrected chi connectivity index (χ0v) is 17.5. The molecule has 5 nitrogen and oxygen atoms in total. The normalized spacial score (nSPS) is 10.7. The van der Waals surface area contributed by atoms with Gasteiger partial charge >= 0.3 is 5.97 Å². The van der Waals surface area contributed by atoms with E-state index in [-0.39, 0.29) is 11.3 Å². The van der Waals surface area contributed by atoms with Crippen molar-refractivity contribution < 1.29 is 32.6 Å². The van der Waals surface area contributed by atoms with E-state index < -0.39 is 40.6 Å². The molecule has 1 heterocycles. The standard InChI is InChI=1S/C19H11F3INO4S/c1-28-16-14(21)10(6-11(20)15(16)22)18(25)24-12-7-29-17(13(12)19(26)27)8-3-2-4-9(23)5-8/h2-7H,1H3,(H,24,25)(H,26,27). The SMILES string of the molecule is COc1c(F)c(F)cc(C(=O)Nc2csc(-c3cccc(I)c3)c2C(=O)O)c1F. The van der Waals surface area contributed by atoms with Gasteiger partial charge in [-0.2, -0.15) is 4.39 Å². The van der Waals surface area contributed by atoms with Gasteiger partial charge in [0.15, 0.2) is 17.4 Å². The van der Waals surface area contributed by atoms with Crippen molar-refractivity contribution in [1.82, 2.24) is 0 Å². The first-order valence-corrected chi connectivity index (χ1v) is 9.84. The van der Waals surface area contributed by atoms with Gasteiger partial charge in [0, 0.05) is 8.95 Å². The molecule has 0 aliphatic carbocycles. The van der Waals surface area contributed by atoms with E-state index in [4.69, 9.17) is 0 Å². The second-order valence-electron chi connectivity index (χ2n) is 5.69. The highest BCUT2D eigenvalue weighted by Crippen LogP contribution is 2.37. The summed E-state index contributed by atoms with van der Waals surface area (Å²) in [6.07, 6.45) is 0. The maximum absolute atomic E-state index is 14.3. The first-order chi connectivity index (χ1) is 13.7. The molecular formula is C19H11F3INO4S. The van der Waals surface area contributed by atoms with Crippen LogP contribution in [0, 0.1) is 21.0 Å². The fraction of sp³-hybridized carbons (Fsp3) is 0.0526. The maximum Gasteiger partial charge on any atom is 0.339 e. The molecule has 0 unspecified atom stereocenters. The van der Waals surface area contributed by atoms with Crippen molar-refractivity contribution in [3.63, 3.8) is 0 Å². The zero-order valence-electron chi connectivity index (χ0n) is 14.6. The Morgan fingerprint density at radius 1 is 1.17 bits per heavy atom. The largest absolute Gasteiger partial charge is 0.491 e. The molecule has 1 aromatic heterocycles. The summed E-state index contributed by atoms with van der Waals surface area (Å²) in [5, 5.41) is 13.3. The number of aromatic carboxylic acids is 1. The molecule has 150 valence electrons. The first kappa shape index (κ1) is 21.1. The van der Waals surface area contributed by atoms with Crippen LogP contribution in [0.5, 0.6) is 5.75 Å². The van der Waals surface area contributed by atoms with Crippen molar-refractivity contribution in [2.75, 3.05) is 12.4 Å². The Morgan fingerprint density at radius 3 is 2.52 bits per heavy atom. The number of nitrogens with one attached hydrogen (secondary N) is 1. The predicted octanol–water partition coefficient (Wildman–Crippen LogP) is 5.40. The van der Waals surface area contributed by atoms with Crippen molar-refractivity contribution in [3.05, 3.63) is 67.9 Å². The van der Waals surface area contributed by atoms with Crippen LogP contribution >= 0.6 is 33.9 Å². The summed E-state index contributed by atoms with van der Waals surface area (Å²) in [7, 11) is 0.928. The van der Waals surface area contributed by atoms with Crippen LogP contribution in [0.15, 0.2) is 35.7 Å². The average Bonchev–Trinajstić information content (AvgIpc) is 3.09. The second-order valence-corrected chi connectivity index (χ2v) is 7.82. The third-order valence-corrected chi connectivity index (χ3v) is 5.60. The second kappa shape index (κ2) is 8.41. The van der Waals surface area contributed by atoms with Crippen molar-refractivity contribution in [1.29, 1.82) is 0 Å². The van der Waals surface area contributed by atoms with Crippen molar-refractivity contribution in [2.24, 2.45) is 0 Å². The number of methoxy groups -OCH3 is 1. The fourth-order valence-corrected chi connectivity index (χ4v) is 4.15. The lowest BCUT2D eigenvalue weighted by Gasteiger charge is -2.10. The molecule has 3 rings (SSSR count). The van der Waals surface area contributed by atoms with Gasteiger partial charge < -0.3 is 15.2 Å². The lowest BCUT2D eigenvalue weighted by atomic mass is 10.1. The van der Waals surface area contributed by atoms with Crippen molar-refractivity contribution in [2.45, 2.75) is 0 Å². The number of carboxylic acid groups (broad SMARTS) is 1. The lowest BCUT2D eigenvalue weighted by Crippen LogP contribution is -2.17. The van der Waals surface area contributed by atoms with E-state index in [1.54, 1.807) is 18.2 Å². The summed E-state index contributed by atoms with van der Waals surface area (Å²) in [5.74, 6) is -7.93. The van der Waals surface area contributed by atoms with Gasteiger partial charge in [-0.05, 0) is 46.4 Å². The Kier molecular flexibility index (Phi) is 6.13. The molecule has 29 heavy (non-hydrogen) atoms. The van der Waals surface area contributed by atoms with E-state index in [2.05, 4.69) is 32.6 Å². The Balaban J connectivity index is 2.03. The number of hydrogen-bond acceptors (Lipinski definition) is 4. The van der Waals surface area contributed by atoms with Gasteiger partial charge in [-0.15, -0.1) is 11.3 Å². The highest BCUT2D eigenvalue weighted by molar-refractivity contribution is 14.1. The highest BCUT2D eigenvalue weighted by Gasteiger charge is 2.26. The summed E-state index contributed by atoms with van der Waals surface area (Å²) in [6.45, 7) is 0. The van der Waals surface area contributed by atoms with Gasteiger partial charge in [-0.25, -0.2) is 13.6 Å². The Labute approximate surface area is 180 Å².